The fourth-order valence-electron chi connectivity index (χ4n) is 2.04. The molecule has 1 unspecified atom stereocenters. The molecule has 1 aliphatic heterocycles. The van der Waals surface area contributed by atoms with Crippen LogP contribution in [0.5, 0.6) is 0 Å². The van der Waals surface area contributed by atoms with Crippen molar-refractivity contribution in [3.8, 4) is 0 Å². The van der Waals surface area contributed by atoms with Crippen LogP contribution in [0.3, 0.4) is 0 Å². The molecule has 4 nitrogen and oxygen atoms in total. The van der Waals surface area contributed by atoms with Gasteiger partial charge in [-0.05, 0) is 32.0 Å². The van der Waals surface area contributed by atoms with Crippen LogP contribution >= 0.6 is 24.8 Å². The third kappa shape index (κ3) is 3.57. The number of nitrogens with zero attached hydrogens (tertiary/aromatic N) is 2. The van der Waals surface area contributed by atoms with Crippen molar-refractivity contribution in [1.29, 1.82) is 0 Å². The maximum Gasteiger partial charge on any atom is 0.255 e. The maximum absolute atomic E-state index is 12.2. The highest BCUT2D eigenvalue weighted by Gasteiger charge is 2.24. The molecule has 1 fully saturated rings. The van der Waals surface area contributed by atoms with Gasteiger partial charge in [0, 0.05) is 31.5 Å². The summed E-state index contributed by atoms with van der Waals surface area (Å²) >= 11 is 0. The van der Waals surface area contributed by atoms with Gasteiger partial charge in [-0.1, -0.05) is 0 Å². The average Bonchev–Trinajstić information content (AvgIpc) is 2.81. The number of hydrogen-bond donors (Lipinski definition) is 1. The number of likely N-dealkylation sites (N-methyl/N-ethyl adjacent to an activating group) is 1. The molecule has 2 rings (SSSR count). The van der Waals surface area contributed by atoms with Crippen molar-refractivity contribution in [2.45, 2.75) is 19.4 Å². The molecule has 0 radical (unpaired) electrons. The van der Waals surface area contributed by atoms with Crippen molar-refractivity contribution in [2.24, 2.45) is 0 Å². The SMILES string of the molecule is Cc1ncccc1C(=O)N(C)C1CCNC1.Cl.Cl. The van der Waals surface area contributed by atoms with Gasteiger partial charge in [-0.2, -0.15) is 0 Å². The Morgan fingerprint density at radius 1 is 1.50 bits per heavy atom. The van der Waals surface area contributed by atoms with E-state index >= 15 is 0 Å². The second-order valence-electron chi connectivity index (χ2n) is 4.20. The van der Waals surface area contributed by atoms with Crippen LogP contribution < -0.4 is 5.32 Å². The average molecular weight is 292 g/mol. The zero-order chi connectivity index (χ0) is 11.5. The van der Waals surface area contributed by atoms with Crippen molar-refractivity contribution in [1.82, 2.24) is 15.2 Å². The summed E-state index contributed by atoms with van der Waals surface area (Å²) in [5.74, 6) is 0.0688. The molecule has 102 valence electrons. The molecule has 1 atom stereocenters. The Bertz CT molecular complexity index is 395. The first-order valence-corrected chi connectivity index (χ1v) is 5.59. The zero-order valence-electron chi connectivity index (χ0n) is 10.5. The Balaban J connectivity index is 0.00000144. The molecule has 1 saturated heterocycles. The first kappa shape index (κ1) is 17.2. The van der Waals surface area contributed by atoms with Gasteiger partial charge in [0.05, 0.1) is 5.56 Å². The molecule has 0 aliphatic carbocycles. The normalized spacial score (nSPS) is 17.6. The summed E-state index contributed by atoms with van der Waals surface area (Å²) in [4.78, 5) is 18.2. The number of halogens is 2. The van der Waals surface area contributed by atoms with Crippen LogP contribution in [0.4, 0.5) is 0 Å². The molecule has 1 amide bonds. The lowest BCUT2D eigenvalue weighted by Crippen LogP contribution is -2.38. The van der Waals surface area contributed by atoms with Crippen LogP contribution in [0.1, 0.15) is 22.5 Å². The van der Waals surface area contributed by atoms with Gasteiger partial charge in [-0.15, -0.1) is 24.8 Å². The largest absolute Gasteiger partial charge is 0.337 e. The minimum absolute atomic E-state index is 0. The van der Waals surface area contributed by atoms with Gasteiger partial charge in [0.15, 0.2) is 0 Å². The topological polar surface area (TPSA) is 45.2 Å². The zero-order valence-corrected chi connectivity index (χ0v) is 12.2. The summed E-state index contributed by atoms with van der Waals surface area (Å²) in [7, 11) is 1.87. The van der Waals surface area contributed by atoms with Crippen LogP contribution in [0.25, 0.3) is 0 Å². The molecule has 2 heterocycles. The molecule has 0 spiro atoms. The summed E-state index contributed by atoms with van der Waals surface area (Å²) in [5, 5.41) is 3.26. The molecule has 18 heavy (non-hydrogen) atoms. The van der Waals surface area contributed by atoms with Crippen LogP contribution in [-0.4, -0.2) is 42.0 Å². The Kier molecular flexibility index (Phi) is 7.21. The number of pyridine rings is 1. The molecule has 1 aromatic rings. The number of carbonyl (C=O) groups is 1. The third-order valence-corrected chi connectivity index (χ3v) is 3.14. The third-order valence-electron chi connectivity index (χ3n) is 3.14. The molecule has 1 aliphatic rings. The fourth-order valence-corrected chi connectivity index (χ4v) is 2.04. The van der Waals surface area contributed by atoms with Gasteiger partial charge >= 0.3 is 0 Å². The first-order chi connectivity index (χ1) is 7.70. The van der Waals surface area contributed by atoms with E-state index in [2.05, 4.69) is 10.3 Å². The minimum Gasteiger partial charge on any atom is -0.337 e. The van der Waals surface area contributed by atoms with Crippen molar-refractivity contribution < 1.29 is 4.79 Å². The van der Waals surface area contributed by atoms with Gasteiger partial charge in [0.1, 0.15) is 0 Å². The monoisotopic (exact) mass is 291 g/mol. The summed E-state index contributed by atoms with van der Waals surface area (Å²) in [6, 6.07) is 3.96. The van der Waals surface area contributed by atoms with Crippen molar-refractivity contribution in [3.05, 3.63) is 29.6 Å². The predicted molar refractivity (Wildman–Crippen MR) is 76.8 cm³/mol. The minimum atomic E-state index is 0. The Hall–Kier alpha value is -0.840. The lowest BCUT2D eigenvalue weighted by atomic mass is 10.1. The smallest absolute Gasteiger partial charge is 0.255 e. The number of rotatable bonds is 2. The summed E-state index contributed by atoms with van der Waals surface area (Å²) in [5.41, 5.74) is 1.50. The summed E-state index contributed by atoms with van der Waals surface area (Å²) in [6.45, 7) is 3.75. The molecule has 1 N–H and O–H groups in total. The highest BCUT2D eigenvalue weighted by molar-refractivity contribution is 5.95. The fraction of sp³-hybridized carbons (Fsp3) is 0.500. The maximum atomic E-state index is 12.2. The second kappa shape index (κ2) is 7.56. The lowest BCUT2D eigenvalue weighted by molar-refractivity contribution is 0.0742. The quantitative estimate of drug-likeness (QED) is 0.902. The molecular weight excluding hydrogens is 273 g/mol. The Morgan fingerprint density at radius 3 is 2.78 bits per heavy atom. The highest BCUT2D eigenvalue weighted by atomic mass is 35.5. The van der Waals surface area contributed by atoms with Crippen LogP contribution in [0, 0.1) is 6.92 Å². The lowest BCUT2D eigenvalue weighted by Gasteiger charge is -2.24. The number of hydrogen-bond acceptors (Lipinski definition) is 3. The molecule has 0 aromatic carbocycles. The predicted octanol–water partition coefficient (Wildman–Crippen LogP) is 1.67. The first-order valence-electron chi connectivity index (χ1n) is 5.59. The highest BCUT2D eigenvalue weighted by Crippen LogP contribution is 2.12. The Morgan fingerprint density at radius 2 is 2.22 bits per heavy atom. The van der Waals surface area contributed by atoms with Crippen molar-refractivity contribution >= 4 is 30.7 Å². The molecule has 6 heteroatoms. The van der Waals surface area contributed by atoms with E-state index in [-0.39, 0.29) is 30.7 Å². The van der Waals surface area contributed by atoms with Gasteiger partial charge in [0.2, 0.25) is 0 Å². The van der Waals surface area contributed by atoms with E-state index in [1.165, 1.54) is 0 Å². The van der Waals surface area contributed by atoms with Crippen molar-refractivity contribution in [2.75, 3.05) is 20.1 Å². The van der Waals surface area contributed by atoms with Gasteiger partial charge in [0.25, 0.3) is 5.91 Å². The van der Waals surface area contributed by atoms with E-state index in [1.54, 1.807) is 12.3 Å². The van der Waals surface area contributed by atoms with Crippen molar-refractivity contribution in [3.63, 3.8) is 0 Å². The van der Waals surface area contributed by atoms with E-state index < -0.39 is 0 Å². The number of aromatic nitrogens is 1. The Labute approximate surface area is 120 Å². The van der Waals surface area contributed by atoms with E-state index in [1.807, 2.05) is 24.9 Å². The van der Waals surface area contributed by atoms with E-state index in [0.29, 0.717) is 11.6 Å². The van der Waals surface area contributed by atoms with E-state index in [0.717, 1.165) is 25.2 Å². The second-order valence-corrected chi connectivity index (χ2v) is 4.20. The number of aryl methyl sites for hydroxylation is 1. The molecular formula is C12H19Cl2N3O. The van der Waals surface area contributed by atoms with Gasteiger partial charge in [-0.25, -0.2) is 0 Å². The summed E-state index contributed by atoms with van der Waals surface area (Å²) < 4.78 is 0. The summed E-state index contributed by atoms with van der Waals surface area (Å²) in [6.07, 6.45) is 2.74. The van der Waals surface area contributed by atoms with E-state index in [9.17, 15) is 4.79 Å². The standard InChI is InChI=1S/C12H17N3O.2ClH/c1-9-11(4-3-6-14-9)12(16)15(2)10-5-7-13-8-10;;/h3-4,6,10,13H,5,7-8H2,1-2H3;2*1H. The molecule has 0 saturated carbocycles. The number of nitrogens with one attached hydrogen (secondary N) is 1. The van der Waals surface area contributed by atoms with Gasteiger partial charge in [-0.3, -0.25) is 9.78 Å². The van der Waals surface area contributed by atoms with Crippen LogP contribution in [0.2, 0.25) is 0 Å². The van der Waals surface area contributed by atoms with Gasteiger partial charge < -0.3 is 10.2 Å². The molecule has 0 bridgehead atoms. The van der Waals surface area contributed by atoms with E-state index in [4.69, 9.17) is 0 Å². The number of carbonyl (C=O) groups excluding carboxylic acids is 1. The number of amides is 1. The van der Waals surface area contributed by atoms with Crippen LogP contribution in [-0.2, 0) is 0 Å². The molecule has 1 aromatic heterocycles. The van der Waals surface area contributed by atoms with Crippen LogP contribution in [0.15, 0.2) is 18.3 Å².